The molecular formula is C14H20FN3O3S. The van der Waals surface area contributed by atoms with Gasteiger partial charge in [0, 0.05) is 32.7 Å². The Morgan fingerprint density at radius 3 is 2.41 bits per heavy atom. The third-order valence-corrected chi connectivity index (χ3v) is 5.67. The maximum Gasteiger partial charge on any atom is 0.250 e. The van der Waals surface area contributed by atoms with Crippen molar-refractivity contribution in [1.29, 1.82) is 0 Å². The Labute approximate surface area is 129 Å². The Kier molecular flexibility index (Phi) is 5.49. The molecule has 0 bridgehead atoms. The summed E-state index contributed by atoms with van der Waals surface area (Å²) in [5.74, 6) is -0.763. The van der Waals surface area contributed by atoms with Gasteiger partial charge in [-0.25, -0.2) is 8.42 Å². The number of rotatable bonds is 6. The van der Waals surface area contributed by atoms with E-state index in [1.807, 2.05) is 4.90 Å². The molecule has 0 aromatic heterocycles. The molecule has 1 saturated heterocycles. The van der Waals surface area contributed by atoms with E-state index in [4.69, 9.17) is 5.73 Å². The second-order valence-electron chi connectivity index (χ2n) is 5.15. The molecule has 1 aliphatic heterocycles. The van der Waals surface area contributed by atoms with Crippen molar-refractivity contribution >= 4 is 15.9 Å². The number of amides is 1. The Morgan fingerprint density at radius 1 is 1.18 bits per heavy atom. The quantitative estimate of drug-likeness (QED) is 0.821. The molecule has 0 aliphatic carbocycles. The molecule has 0 atom stereocenters. The number of hydrogen-bond acceptors (Lipinski definition) is 4. The Morgan fingerprint density at radius 2 is 1.82 bits per heavy atom. The van der Waals surface area contributed by atoms with Gasteiger partial charge < -0.3 is 10.6 Å². The highest BCUT2D eigenvalue weighted by Crippen LogP contribution is 2.21. The summed E-state index contributed by atoms with van der Waals surface area (Å²) in [6.07, 6.45) is 0.456. The van der Waals surface area contributed by atoms with E-state index < -0.39 is 15.9 Å². The third-order valence-electron chi connectivity index (χ3n) is 3.71. The van der Waals surface area contributed by atoms with E-state index in [-0.39, 0.29) is 17.1 Å². The van der Waals surface area contributed by atoms with Crippen LogP contribution in [0, 0.1) is 0 Å². The number of carbonyl (C=O) groups excluding carboxylic acids is 1. The largest absolute Gasteiger partial charge is 0.366 e. The van der Waals surface area contributed by atoms with Crippen molar-refractivity contribution in [3.63, 3.8) is 0 Å². The van der Waals surface area contributed by atoms with Gasteiger partial charge in [-0.3, -0.25) is 9.18 Å². The van der Waals surface area contributed by atoms with E-state index in [0.717, 1.165) is 0 Å². The topological polar surface area (TPSA) is 83.7 Å². The van der Waals surface area contributed by atoms with Crippen molar-refractivity contribution in [2.24, 2.45) is 5.73 Å². The summed E-state index contributed by atoms with van der Waals surface area (Å²) in [5.41, 5.74) is 5.25. The van der Waals surface area contributed by atoms with Crippen LogP contribution in [0.25, 0.3) is 0 Å². The molecule has 0 spiro atoms. The molecule has 122 valence electrons. The van der Waals surface area contributed by atoms with Gasteiger partial charge in [-0.05, 0) is 18.6 Å². The summed E-state index contributed by atoms with van der Waals surface area (Å²) in [6.45, 7) is 2.01. The van der Waals surface area contributed by atoms with Gasteiger partial charge in [0.05, 0.1) is 17.1 Å². The van der Waals surface area contributed by atoms with Crippen LogP contribution >= 0.6 is 0 Å². The zero-order valence-electron chi connectivity index (χ0n) is 12.2. The summed E-state index contributed by atoms with van der Waals surface area (Å²) in [4.78, 5) is 13.4. The van der Waals surface area contributed by atoms with Crippen molar-refractivity contribution < 1.29 is 17.6 Å². The summed E-state index contributed by atoms with van der Waals surface area (Å²) < 4.78 is 38.9. The lowest BCUT2D eigenvalue weighted by molar-refractivity contribution is 0.0997. The van der Waals surface area contributed by atoms with Crippen molar-refractivity contribution in [3.8, 4) is 0 Å². The standard InChI is InChI=1S/C14H20FN3O3S/c15-6-3-7-17-8-10-18(11-9-17)22(20,21)13-5-2-1-4-12(13)14(16)19/h1-2,4-5H,3,6-11H2,(H2,16,19). The number of hydrogen-bond donors (Lipinski definition) is 1. The fraction of sp³-hybridized carbons (Fsp3) is 0.500. The molecule has 6 nitrogen and oxygen atoms in total. The van der Waals surface area contributed by atoms with Crippen LogP contribution in [0.15, 0.2) is 29.2 Å². The highest BCUT2D eigenvalue weighted by Gasteiger charge is 2.30. The summed E-state index contributed by atoms with van der Waals surface area (Å²) in [5, 5.41) is 0. The van der Waals surface area contributed by atoms with E-state index in [0.29, 0.717) is 39.1 Å². The van der Waals surface area contributed by atoms with E-state index in [1.165, 1.54) is 16.4 Å². The maximum absolute atomic E-state index is 12.7. The second-order valence-corrected chi connectivity index (χ2v) is 7.06. The Bertz CT molecular complexity index is 628. The molecule has 2 rings (SSSR count). The molecule has 1 aromatic rings. The molecule has 0 unspecified atom stereocenters. The van der Waals surface area contributed by atoms with E-state index in [1.54, 1.807) is 12.1 Å². The average Bonchev–Trinajstić information content (AvgIpc) is 2.53. The van der Waals surface area contributed by atoms with Crippen LogP contribution in [0.5, 0.6) is 0 Å². The van der Waals surface area contributed by atoms with Gasteiger partial charge in [0.1, 0.15) is 0 Å². The van der Waals surface area contributed by atoms with Crippen LogP contribution in [0.1, 0.15) is 16.8 Å². The van der Waals surface area contributed by atoms with Crippen molar-refractivity contribution in [1.82, 2.24) is 9.21 Å². The van der Waals surface area contributed by atoms with Crippen LogP contribution in [-0.2, 0) is 10.0 Å². The molecule has 1 fully saturated rings. The highest BCUT2D eigenvalue weighted by atomic mass is 32.2. The molecule has 1 aromatic carbocycles. The predicted octanol–water partition coefficient (Wildman–Crippen LogP) is 0.451. The molecule has 1 aliphatic rings. The number of sulfonamides is 1. The van der Waals surface area contributed by atoms with Gasteiger partial charge in [0.2, 0.25) is 15.9 Å². The molecule has 1 amide bonds. The number of carbonyl (C=O) groups is 1. The molecule has 22 heavy (non-hydrogen) atoms. The van der Waals surface area contributed by atoms with E-state index >= 15 is 0 Å². The zero-order valence-corrected chi connectivity index (χ0v) is 13.1. The summed E-state index contributed by atoms with van der Waals surface area (Å²) >= 11 is 0. The number of nitrogens with zero attached hydrogens (tertiary/aromatic N) is 2. The number of primary amides is 1. The van der Waals surface area contributed by atoms with Crippen LogP contribution < -0.4 is 5.73 Å². The number of benzene rings is 1. The van der Waals surface area contributed by atoms with Gasteiger partial charge in [-0.2, -0.15) is 4.31 Å². The Hall–Kier alpha value is -1.51. The first-order chi connectivity index (χ1) is 10.5. The fourth-order valence-corrected chi connectivity index (χ4v) is 4.13. The maximum atomic E-state index is 12.7. The van der Waals surface area contributed by atoms with Crippen molar-refractivity contribution in [3.05, 3.63) is 29.8 Å². The van der Waals surface area contributed by atoms with E-state index in [2.05, 4.69) is 0 Å². The summed E-state index contributed by atoms with van der Waals surface area (Å²) in [7, 11) is -3.75. The minimum absolute atomic E-state index is 0.00218. The second kappa shape index (κ2) is 7.17. The third kappa shape index (κ3) is 3.63. The Balaban J connectivity index is 2.14. The smallest absolute Gasteiger partial charge is 0.250 e. The molecule has 0 saturated carbocycles. The fourth-order valence-electron chi connectivity index (χ4n) is 2.51. The highest BCUT2D eigenvalue weighted by molar-refractivity contribution is 7.89. The first kappa shape index (κ1) is 16.9. The van der Waals surface area contributed by atoms with Gasteiger partial charge in [-0.1, -0.05) is 12.1 Å². The van der Waals surface area contributed by atoms with Crippen LogP contribution in [0.2, 0.25) is 0 Å². The number of alkyl halides is 1. The molecular weight excluding hydrogens is 309 g/mol. The lowest BCUT2D eigenvalue weighted by Gasteiger charge is -2.34. The predicted molar refractivity (Wildman–Crippen MR) is 80.8 cm³/mol. The van der Waals surface area contributed by atoms with Gasteiger partial charge >= 0.3 is 0 Å². The van der Waals surface area contributed by atoms with Crippen LogP contribution in [0.3, 0.4) is 0 Å². The molecule has 0 radical (unpaired) electrons. The molecule has 1 heterocycles. The molecule has 2 N–H and O–H groups in total. The van der Waals surface area contributed by atoms with Gasteiger partial charge in [-0.15, -0.1) is 0 Å². The van der Waals surface area contributed by atoms with Crippen molar-refractivity contribution in [2.45, 2.75) is 11.3 Å². The molecule has 8 heteroatoms. The lowest BCUT2D eigenvalue weighted by Crippen LogP contribution is -2.49. The van der Waals surface area contributed by atoms with E-state index in [9.17, 15) is 17.6 Å². The normalized spacial score (nSPS) is 17.5. The van der Waals surface area contributed by atoms with Crippen LogP contribution in [-0.4, -0.2) is 62.9 Å². The number of nitrogens with two attached hydrogens (primary N) is 1. The van der Waals surface area contributed by atoms with Crippen molar-refractivity contribution in [2.75, 3.05) is 39.4 Å². The first-order valence-corrected chi connectivity index (χ1v) is 8.58. The summed E-state index contributed by atoms with van der Waals surface area (Å²) in [6, 6.07) is 5.95. The minimum Gasteiger partial charge on any atom is -0.366 e. The van der Waals surface area contributed by atoms with Crippen LogP contribution in [0.4, 0.5) is 4.39 Å². The SMILES string of the molecule is NC(=O)c1ccccc1S(=O)(=O)N1CCN(CCCF)CC1. The number of halogens is 1. The lowest BCUT2D eigenvalue weighted by atomic mass is 10.2. The monoisotopic (exact) mass is 329 g/mol. The zero-order chi connectivity index (χ0) is 16.2. The first-order valence-electron chi connectivity index (χ1n) is 7.14. The van der Waals surface area contributed by atoms with Gasteiger partial charge in [0.15, 0.2) is 0 Å². The minimum atomic E-state index is -3.75. The average molecular weight is 329 g/mol. The number of piperazine rings is 1. The van der Waals surface area contributed by atoms with Gasteiger partial charge in [0.25, 0.3) is 0 Å².